The van der Waals surface area contributed by atoms with E-state index < -0.39 is 0 Å². The molecule has 2 nitrogen and oxygen atoms in total. The van der Waals surface area contributed by atoms with E-state index in [-0.39, 0.29) is 5.41 Å². The number of aliphatic hydroxyl groups excluding tert-OH is 1. The molecule has 1 aliphatic rings. The van der Waals surface area contributed by atoms with Crippen LogP contribution in [0.5, 0.6) is 0 Å². The minimum Gasteiger partial charge on any atom is -0.396 e. The van der Waals surface area contributed by atoms with Crippen molar-refractivity contribution in [3.8, 4) is 0 Å². The van der Waals surface area contributed by atoms with Crippen LogP contribution in [0.3, 0.4) is 0 Å². The van der Waals surface area contributed by atoms with Crippen molar-refractivity contribution >= 4 is 0 Å². The molecular weight excluding hydrogens is 176 g/mol. The summed E-state index contributed by atoms with van der Waals surface area (Å²) < 4.78 is 5.04. The van der Waals surface area contributed by atoms with Crippen LogP contribution < -0.4 is 0 Å². The average molecular weight is 200 g/mol. The molecule has 0 aromatic rings. The van der Waals surface area contributed by atoms with Gasteiger partial charge in [-0.25, -0.2) is 0 Å². The van der Waals surface area contributed by atoms with Gasteiger partial charge in [0.15, 0.2) is 0 Å². The van der Waals surface area contributed by atoms with Gasteiger partial charge in [0, 0.05) is 20.3 Å². The van der Waals surface area contributed by atoms with Crippen LogP contribution in [-0.4, -0.2) is 25.4 Å². The zero-order valence-corrected chi connectivity index (χ0v) is 9.43. The third kappa shape index (κ3) is 3.58. The monoisotopic (exact) mass is 200 g/mol. The molecule has 0 unspecified atom stereocenters. The Morgan fingerprint density at radius 1 is 1.14 bits per heavy atom. The van der Waals surface area contributed by atoms with Crippen LogP contribution >= 0.6 is 0 Å². The van der Waals surface area contributed by atoms with Crippen molar-refractivity contribution in [1.29, 1.82) is 0 Å². The van der Waals surface area contributed by atoms with Crippen molar-refractivity contribution in [1.82, 2.24) is 0 Å². The Hall–Kier alpha value is -0.0800. The van der Waals surface area contributed by atoms with Crippen LogP contribution in [0.1, 0.15) is 51.4 Å². The maximum absolute atomic E-state index is 9.47. The third-order valence-corrected chi connectivity index (χ3v) is 3.56. The van der Waals surface area contributed by atoms with Gasteiger partial charge in [0.05, 0.1) is 0 Å². The summed E-state index contributed by atoms with van der Waals surface area (Å²) in [6.07, 6.45) is 9.97. The maximum atomic E-state index is 9.47. The first kappa shape index (κ1) is 12.0. The molecular formula is C12H24O2. The van der Waals surface area contributed by atoms with Crippen LogP contribution in [0.25, 0.3) is 0 Å². The topological polar surface area (TPSA) is 29.5 Å². The molecule has 2 heteroatoms. The van der Waals surface area contributed by atoms with Crippen LogP contribution in [0.2, 0.25) is 0 Å². The number of aliphatic hydroxyl groups is 1. The molecule has 84 valence electrons. The lowest BCUT2D eigenvalue weighted by atomic mass is 9.71. The van der Waals surface area contributed by atoms with Gasteiger partial charge in [-0.1, -0.05) is 25.7 Å². The molecule has 1 fully saturated rings. The van der Waals surface area contributed by atoms with Crippen molar-refractivity contribution in [2.45, 2.75) is 51.4 Å². The summed E-state index contributed by atoms with van der Waals surface area (Å²) in [5, 5.41) is 9.47. The fraction of sp³-hybridized carbons (Fsp3) is 1.00. The van der Waals surface area contributed by atoms with Gasteiger partial charge in [0.1, 0.15) is 0 Å². The van der Waals surface area contributed by atoms with Crippen molar-refractivity contribution in [3.63, 3.8) is 0 Å². The van der Waals surface area contributed by atoms with Crippen LogP contribution in [0.4, 0.5) is 0 Å². The molecule has 0 amide bonds. The molecule has 0 saturated heterocycles. The van der Waals surface area contributed by atoms with E-state index in [2.05, 4.69) is 0 Å². The lowest BCUT2D eigenvalue weighted by Gasteiger charge is -2.35. The van der Waals surface area contributed by atoms with E-state index >= 15 is 0 Å². The van der Waals surface area contributed by atoms with E-state index in [1.807, 2.05) is 0 Å². The Kier molecular flexibility index (Phi) is 5.49. The van der Waals surface area contributed by atoms with Gasteiger partial charge in [-0.15, -0.1) is 0 Å². The number of unbranched alkanes of at least 4 members (excludes halogenated alkanes) is 1. The number of hydrogen-bond acceptors (Lipinski definition) is 2. The van der Waals surface area contributed by atoms with E-state index in [0.717, 1.165) is 13.0 Å². The predicted molar refractivity (Wildman–Crippen MR) is 58.3 cm³/mol. The van der Waals surface area contributed by atoms with E-state index in [9.17, 15) is 5.11 Å². The summed E-state index contributed by atoms with van der Waals surface area (Å²) in [5.74, 6) is 0. The van der Waals surface area contributed by atoms with Crippen molar-refractivity contribution in [2.24, 2.45) is 5.41 Å². The van der Waals surface area contributed by atoms with E-state index in [1.54, 1.807) is 7.11 Å². The smallest absolute Gasteiger partial charge is 0.0487 e. The Morgan fingerprint density at radius 2 is 1.86 bits per heavy atom. The van der Waals surface area contributed by atoms with Gasteiger partial charge in [-0.2, -0.15) is 0 Å². The third-order valence-electron chi connectivity index (χ3n) is 3.56. The summed E-state index contributed by atoms with van der Waals surface area (Å²) in [4.78, 5) is 0. The number of ether oxygens (including phenoxy) is 1. The minimum absolute atomic E-state index is 0.270. The molecule has 1 rings (SSSR count). The van der Waals surface area contributed by atoms with Crippen molar-refractivity contribution in [3.05, 3.63) is 0 Å². The first-order valence-electron chi connectivity index (χ1n) is 5.93. The summed E-state index contributed by atoms with van der Waals surface area (Å²) >= 11 is 0. The van der Waals surface area contributed by atoms with Gasteiger partial charge in [-0.3, -0.25) is 0 Å². The van der Waals surface area contributed by atoms with Gasteiger partial charge in [-0.05, 0) is 31.1 Å². The Balaban J connectivity index is 2.22. The second-order valence-corrected chi connectivity index (χ2v) is 4.67. The first-order valence-corrected chi connectivity index (χ1v) is 5.93. The molecule has 0 spiro atoms. The second kappa shape index (κ2) is 6.41. The highest BCUT2D eigenvalue weighted by Gasteiger charge is 2.30. The van der Waals surface area contributed by atoms with Gasteiger partial charge >= 0.3 is 0 Å². The second-order valence-electron chi connectivity index (χ2n) is 4.67. The fourth-order valence-electron chi connectivity index (χ4n) is 2.54. The van der Waals surface area contributed by atoms with Gasteiger partial charge in [0.2, 0.25) is 0 Å². The largest absolute Gasteiger partial charge is 0.396 e. The summed E-state index contributed by atoms with van der Waals surface area (Å²) in [5.41, 5.74) is 0.270. The number of rotatable bonds is 6. The first-order chi connectivity index (χ1) is 6.83. The standard InChI is InChI=1S/C12H24O2/c1-14-10-6-5-9-12(11-13)7-3-2-4-8-12/h13H,2-11H2,1H3. The normalized spacial score (nSPS) is 21.0. The molecule has 0 atom stereocenters. The predicted octanol–water partition coefficient (Wildman–Crippen LogP) is 2.75. The molecule has 1 N–H and O–H groups in total. The van der Waals surface area contributed by atoms with E-state index in [4.69, 9.17) is 4.74 Å². The zero-order chi connectivity index (χ0) is 10.3. The van der Waals surface area contributed by atoms with Gasteiger partial charge < -0.3 is 9.84 Å². The molecule has 14 heavy (non-hydrogen) atoms. The van der Waals surface area contributed by atoms with Crippen LogP contribution in [0.15, 0.2) is 0 Å². The van der Waals surface area contributed by atoms with Crippen molar-refractivity contribution in [2.75, 3.05) is 20.3 Å². The number of methoxy groups -OCH3 is 1. The molecule has 0 heterocycles. The zero-order valence-electron chi connectivity index (χ0n) is 9.43. The highest BCUT2D eigenvalue weighted by atomic mass is 16.5. The minimum atomic E-state index is 0.270. The molecule has 0 bridgehead atoms. The lowest BCUT2D eigenvalue weighted by Crippen LogP contribution is -2.28. The summed E-state index contributed by atoms with van der Waals surface area (Å²) in [6, 6.07) is 0. The summed E-state index contributed by atoms with van der Waals surface area (Å²) in [7, 11) is 1.75. The molecule has 0 aliphatic heterocycles. The quantitative estimate of drug-likeness (QED) is 0.668. The molecule has 0 aromatic carbocycles. The SMILES string of the molecule is COCCCCC1(CO)CCCCC1. The highest BCUT2D eigenvalue weighted by molar-refractivity contribution is 4.81. The molecule has 0 radical (unpaired) electrons. The lowest BCUT2D eigenvalue weighted by molar-refractivity contribution is 0.0680. The Morgan fingerprint density at radius 3 is 2.43 bits per heavy atom. The molecule has 1 aliphatic carbocycles. The van der Waals surface area contributed by atoms with E-state index in [1.165, 1.54) is 44.9 Å². The van der Waals surface area contributed by atoms with Crippen LogP contribution in [-0.2, 0) is 4.74 Å². The maximum Gasteiger partial charge on any atom is 0.0487 e. The molecule has 0 aromatic heterocycles. The Labute approximate surface area is 87.7 Å². The van der Waals surface area contributed by atoms with E-state index in [0.29, 0.717) is 6.61 Å². The summed E-state index contributed by atoms with van der Waals surface area (Å²) in [6.45, 7) is 1.25. The van der Waals surface area contributed by atoms with Crippen molar-refractivity contribution < 1.29 is 9.84 Å². The highest BCUT2D eigenvalue weighted by Crippen LogP contribution is 2.39. The Bertz CT molecular complexity index is 139. The van der Waals surface area contributed by atoms with Crippen LogP contribution in [0, 0.1) is 5.41 Å². The molecule has 1 saturated carbocycles. The average Bonchev–Trinajstić information content (AvgIpc) is 2.26. The number of hydrogen-bond donors (Lipinski definition) is 1. The fourth-order valence-corrected chi connectivity index (χ4v) is 2.54. The van der Waals surface area contributed by atoms with Gasteiger partial charge in [0.25, 0.3) is 0 Å².